The van der Waals surface area contributed by atoms with E-state index in [-0.39, 0.29) is 5.56 Å². The zero-order valence-electron chi connectivity index (χ0n) is 8.60. The maximum absolute atomic E-state index is 11.5. The Labute approximate surface area is 86.3 Å². The molecule has 0 amide bonds. The van der Waals surface area contributed by atoms with E-state index in [0.29, 0.717) is 12.2 Å². The number of aryl methyl sites for hydroxylation is 2. The molecule has 0 saturated carbocycles. The molecule has 2 aromatic rings. The van der Waals surface area contributed by atoms with Crippen molar-refractivity contribution >= 4 is 0 Å². The quantitative estimate of drug-likeness (QED) is 0.730. The van der Waals surface area contributed by atoms with Gasteiger partial charge < -0.3 is 4.52 Å². The second kappa shape index (κ2) is 3.68. The second-order valence-electron chi connectivity index (χ2n) is 3.46. The van der Waals surface area contributed by atoms with Crippen LogP contribution in [0.3, 0.4) is 0 Å². The Morgan fingerprint density at radius 1 is 1.40 bits per heavy atom. The highest BCUT2D eigenvalue weighted by Crippen LogP contribution is 2.01. The van der Waals surface area contributed by atoms with Crippen LogP contribution in [0, 0.1) is 13.8 Å². The summed E-state index contributed by atoms with van der Waals surface area (Å²) >= 11 is 0. The van der Waals surface area contributed by atoms with Crippen molar-refractivity contribution in [1.29, 1.82) is 0 Å². The molecule has 0 atom stereocenters. The third kappa shape index (κ3) is 2.12. The Hall–Kier alpha value is -1.91. The van der Waals surface area contributed by atoms with Crippen LogP contribution in [0.1, 0.15) is 17.0 Å². The summed E-state index contributed by atoms with van der Waals surface area (Å²) in [7, 11) is 0. The topological polar surface area (TPSA) is 60.9 Å². The van der Waals surface area contributed by atoms with E-state index in [4.69, 9.17) is 4.52 Å². The molecule has 0 bridgehead atoms. The van der Waals surface area contributed by atoms with E-state index >= 15 is 0 Å². The Morgan fingerprint density at radius 3 is 2.80 bits per heavy atom. The van der Waals surface area contributed by atoms with Gasteiger partial charge in [0.2, 0.25) is 0 Å². The highest BCUT2D eigenvalue weighted by Gasteiger charge is 2.03. The Balaban J connectivity index is 2.28. The lowest BCUT2D eigenvalue weighted by Crippen LogP contribution is -2.22. The third-order valence-electron chi connectivity index (χ3n) is 1.99. The van der Waals surface area contributed by atoms with Crippen LogP contribution in [0.2, 0.25) is 0 Å². The molecule has 5 nitrogen and oxygen atoms in total. The highest BCUT2D eigenvalue weighted by atomic mass is 16.5. The van der Waals surface area contributed by atoms with Crippen LogP contribution in [-0.4, -0.2) is 14.9 Å². The third-order valence-corrected chi connectivity index (χ3v) is 1.99. The molecule has 5 heteroatoms. The number of hydrogen-bond donors (Lipinski definition) is 0. The summed E-state index contributed by atoms with van der Waals surface area (Å²) in [6.45, 7) is 3.98. The average molecular weight is 205 g/mol. The lowest BCUT2D eigenvalue weighted by molar-refractivity contribution is 0.387. The van der Waals surface area contributed by atoms with Crippen molar-refractivity contribution in [2.45, 2.75) is 20.4 Å². The lowest BCUT2D eigenvalue weighted by Gasteiger charge is -2.00. The number of rotatable bonds is 2. The van der Waals surface area contributed by atoms with Gasteiger partial charge in [-0.3, -0.25) is 4.79 Å². The molecule has 0 unspecified atom stereocenters. The van der Waals surface area contributed by atoms with Crippen LogP contribution >= 0.6 is 0 Å². The number of hydrogen-bond acceptors (Lipinski definition) is 4. The van der Waals surface area contributed by atoms with Crippen LogP contribution in [0.25, 0.3) is 0 Å². The van der Waals surface area contributed by atoms with Gasteiger partial charge in [-0.15, -0.1) is 0 Å². The molecular weight excluding hydrogens is 194 g/mol. The van der Waals surface area contributed by atoms with Crippen molar-refractivity contribution in [2.24, 2.45) is 0 Å². The van der Waals surface area contributed by atoms with Crippen LogP contribution in [0.4, 0.5) is 0 Å². The molecule has 2 rings (SSSR count). The van der Waals surface area contributed by atoms with Gasteiger partial charge in [-0.25, -0.2) is 4.68 Å². The first-order chi connectivity index (χ1) is 7.15. The first-order valence-corrected chi connectivity index (χ1v) is 4.61. The van der Waals surface area contributed by atoms with Crippen molar-refractivity contribution < 1.29 is 4.52 Å². The molecule has 0 N–H and O–H groups in total. The van der Waals surface area contributed by atoms with Gasteiger partial charge in [-0.1, -0.05) is 5.16 Å². The Morgan fingerprint density at radius 2 is 2.20 bits per heavy atom. The molecule has 0 fully saturated rings. The minimum Gasteiger partial charge on any atom is -0.361 e. The largest absolute Gasteiger partial charge is 0.361 e. The summed E-state index contributed by atoms with van der Waals surface area (Å²) in [5, 5.41) is 7.80. The minimum absolute atomic E-state index is 0.129. The van der Waals surface area contributed by atoms with Crippen LogP contribution < -0.4 is 5.56 Å². The summed E-state index contributed by atoms with van der Waals surface area (Å²) in [5.74, 6) is 0.727. The van der Waals surface area contributed by atoms with Crippen LogP contribution in [0.5, 0.6) is 0 Å². The molecular formula is C10H11N3O2. The van der Waals surface area contributed by atoms with Gasteiger partial charge in [0.05, 0.1) is 12.7 Å². The summed E-state index contributed by atoms with van der Waals surface area (Å²) in [5.41, 5.74) is 1.43. The fourth-order valence-corrected chi connectivity index (χ4v) is 1.29. The maximum atomic E-state index is 11.5. The van der Waals surface area contributed by atoms with E-state index in [1.807, 2.05) is 13.8 Å². The number of aromatic nitrogens is 3. The molecule has 0 aliphatic rings. The molecule has 2 heterocycles. The molecule has 0 spiro atoms. The first-order valence-electron chi connectivity index (χ1n) is 4.61. The van der Waals surface area contributed by atoms with Gasteiger partial charge in [-0.2, -0.15) is 5.10 Å². The predicted octanol–water partition coefficient (Wildman–Crippen LogP) is 0.896. The van der Waals surface area contributed by atoms with Gasteiger partial charge in [0.1, 0.15) is 11.5 Å². The molecule has 0 radical (unpaired) electrons. The van der Waals surface area contributed by atoms with E-state index in [0.717, 1.165) is 11.3 Å². The standard InChI is InChI=1S/C10H11N3O2/c1-7-3-10(14)13(11-5-7)6-9-4-8(2)15-12-9/h3-5H,6H2,1-2H3. The lowest BCUT2D eigenvalue weighted by atomic mass is 10.3. The molecule has 15 heavy (non-hydrogen) atoms. The van der Waals surface area contributed by atoms with Gasteiger partial charge in [0.25, 0.3) is 5.56 Å². The van der Waals surface area contributed by atoms with E-state index in [9.17, 15) is 4.79 Å². The van der Waals surface area contributed by atoms with Gasteiger partial charge in [-0.05, 0) is 19.4 Å². The molecule has 0 aliphatic carbocycles. The average Bonchev–Trinajstić information content (AvgIpc) is 2.56. The highest BCUT2D eigenvalue weighted by molar-refractivity contribution is 5.06. The first kappa shape index (κ1) is 9.64. The van der Waals surface area contributed by atoms with Crippen molar-refractivity contribution in [2.75, 3.05) is 0 Å². The molecule has 78 valence electrons. The fourth-order valence-electron chi connectivity index (χ4n) is 1.29. The van der Waals surface area contributed by atoms with Gasteiger partial charge in [0, 0.05) is 12.1 Å². The molecule has 2 aromatic heterocycles. The predicted molar refractivity (Wildman–Crippen MR) is 53.6 cm³/mol. The zero-order valence-corrected chi connectivity index (χ0v) is 8.60. The van der Waals surface area contributed by atoms with Crippen molar-refractivity contribution in [3.05, 3.63) is 45.7 Å². The summed E-state index contributed by atoms with van der Waals surface area (Å²) in [6, 6.07) is 3.33. The minimum atomic E-state index is -0.129. The second-order valence-corrected chi connectivity index (χ2v) is 3.46. The van der Waals surface area contributed by atoms with Gasteiger partial charge >= 0.3 is 0 Å². The van der Waals surface area contributed by atoms with Crippen LogP contribution in [0.15, 0.2) is 27.6 Å². The monoisotopic (exact) mass is 205 g/mol. The summed E-state index contributed by atoms with van der Waals surface area (Å²) in [4.78, 5) is 11.5. The van der Waals surface area contributed by atoms with Crippen molar-refractivity contribution in [3.63, 3.8) is 0 Å². The van der Waals surface area contributed by atoms with E-state index in [2.05, 4.69) is 10.3 Å². The van der Waals surface area contributed by atoms with Crippen molar-refractivity contribution in [1.82, 2.24) is 14.9 Å². The van der Waals surface area contributed by atoms with Gasteiger partial charge in [0.15, 0.2) is 0 Å². The molecule has 0 aliphatic heterocycles. The summed E-state index contributed by atoms with van der Waals surface area (Å²) < 4.78 is 6.26. The smallest absolute Gasteiger partial charge is 0.267 e. The van der Waals surface area contributed by atoms with E-state index in [1.54, 1.807) is 18.3 Å². The van der Waals surface area contributed by atoms with E-state index in [1.165, 1.54) is 4.68 Å². The summed E-state index contributed by atoms with van der Waals surface area (Å²) in [6.07, 6.45) is 1.65. The number of nitrogens with zero attached hydrogens (tertiary/aromatic N) is 3. The Kier molecular flexibility index (Phi) is 2.37. The Bertz CT molecular complexity index is 527. The SMILES string of the molecule is Cc1cnn(Cc2cc(C)on2)c(=O)c1. The zero-order chi connectivity index (χ0) is 10.8. The molecule has 0 saturated heterocycles. The van der Waals surface area contributed by atoms with E-state index < -0.39 is 0 Å². The fraction of sp³-hybridized carbons (Fsp3) is 0.300. The molecule has 0 aromatic carbocycles. The normalized spacial score (nSPS) is 10.5. The van der Waals surface area contributed by atoms with Crippen LogP contribution in [-0.2, 0) is 6.54 Å². The van der Waals surface area contributed by atoms with Crippen molar-refractivity contribution in [3.8, 4) is 0 Å². The maximum Gasteiger partial charge on any atom is 0.267 e.